The number of phenolic OH excluding ortho intramolecular Hbond substituents is 1. The first-order valence-electron chi connectivity index (χ1n) is 34.8. The number of aromatic hydroxyl groups is 1. The lowest BCUT2D eigenvalue weighted by Gasteiger charge is -2.33. The fourth-order valence-corrected chi connectivity index (χ4v) is 11.9. The van der Waals surface area contributed by atoms with E-state index in [1.165, 1.54) is 64.3 Å². The van der Waals surface area contributed by atoms with Gasteiger partial charge in [-0.15, -0.1) is 0 Å². The van der Waals surface area contributed by atoms with E-state index >= 15 is 0 Å². The standard InChI is InChI=1S/C72H101N17O16S2/c1-41(2)31-55(66(100)83-52(34-45-24-26-47(91)27-25-45)69(103)89-30-16-23-54(89)65(99)84-53(40-106)70(104)105)88(7)58(94)39-87(6)57(93)38-79-62(96)49(32-43-17-10-8-11-18-43)82-63(97)50(35-46-21-14-28-76-36-46)80-56(92)37-78-67(101)59(42(3)90)85-68(102)60(72(4,5)107)86-64(98)51(33-44-19-12-9-13-20-44)81-61(95)48(73)22-15-29-77-71(74)75/h8-14,17-21,24-28,36,41-42,48-55,59-60,90-91,106-107H,15-16,22-23,29-35,37-40,73H2,1-7H3,(H,78,101)(H,79,96)(H,80,92)(H,81,95)(H,82,97)(H,83,100)(H,84,99)(H,85,102)(H,86,98)(H,104,105)(H4,74,75,77)/t42-,48+,49+,50+,51+,52+,53+,54+,55+,59+,60-/m1/s1. The van der Waals surface area contributed by atoms with Crippen LogP contribution in [0, 0.1) is 5.92 Å². The fraction of sp³-hybridized carbons (Fsp3) is 0.486. The maximum atomic E-state index is 14.5. The number of guanidine groups is 1. The smallest absolute Gasteiger partial charge is 0.327 e. The second-order valence-electron chi connectivity index (χ2n) is 27.1. The molecule has 1 aliphatic heterocycles. The predicted molar refractivity (Wildman–Crippen MR) is 402 cm³/mol. The number of pyridine rings is 1. The summed E-state index contributed by atoms with van der Waals surface area (Å²) in [5.41, 5.74) is 19.2. The van der Waals surface area contributed by atoms with Crippen molar-refractivity contribution in [2.75, 3.05) is 52.6 Å². The number of aromatic nitrogens is 1. The highest BCUT2D eigenvalue weighted by atomic mass is 32.1. The summed E-state index contributed by atoms with van der Waals surface area (Å²) in [5, 5.41) is 53.6. The number of nitrogens with two attached hydrogens (primary N) is 3. The molecule has 2 heterocycles. The molecule has 1 fully saturated rings. The van der Waals surface area contributed by atoms with Crippen LogP contribution in [0.4, 0.5) is 0 Å². The molecule has 0 radical (unpaired) electrons. The summed E-state index contributed by atoms with van der Waals surface area (Å²) < 4.78 is -1.36. The van der Waals surface area contributed by atoms with Gasteiger partial charge in [0.1, 0.15) is 60.1 Å². The first-order valence-corrected chi connectivity index (χ1v) is 35.9. The second-order valence-corrected chi connectivity index (χ2v) is 28.6. The largest absolute Gasteiger partial charge is 0.508 e. The van der Waals surface area contributed by atoms with Gasteiger partial charge in [0.05, 0.1) is 31.8 Å². The van der Waals surface area contributed by atoms with E-state index < -0.39 is 168 Å². The molecule has 33 nitrogen and oxygen atoms in total. The fourth-order valence-electron chi connectivity index (χ4n) is 11.4. The third kappa shape index (κ3) is 28.8. The van der Waals surface area contributed by atoms with Crippen LogP contribution in [0.15, 0.2) is 114 Å². The summed E-state index contributed by atoms with van der Waals surface area (Å²) in [6.45, 7) is 5.96. The van der Waals surface area contributed by atoms with Crippen molar-refractivity contribution >= 4 is 108 Å². The van der Waals surface area contributed by atoms with Crippen LogP contribution in [0.25, 0.3) is 0 Å². The molecule has 0 bridgehead atoms. The summed E-state index contributed by atoms with van der Waals surface area (Å²) in [7, 11) is 2.64. The zero-order valence-corrected chi connectivity index (χ0v) is 62.7. The quantitative estimate of drug-likeness (QED) is 0.00944. The minimum atomic E-state index is -1.76. The Morgan fingerprint density at radius 1 is 0.645 bits per heavy atom. The van der Waals surface area contributed by atoms with Gasteiger partial charge in [0, 0.05) is 75.8 Å². The van der Waals surface area contributed by atoms with Gasteiger partial charge in [-0.1, -0.05) is 92.7 Å². The van der Waals surface area contributed by atoms with Crippen molar-refractivity contribution < 1.29 is 77.6 Å². The number of hydrogen-bond acceptors (Lipinski definition) is 20. The van der Waals surface area contributed by atoms with Crippen molar-refractivity contribution in [2.45, 2.75) is 164 Å². The van der Waals surface area contributed by atoms with Crippen LogP contribution in [0.2, 0.25) is 0 Å². The van der Waals surface area contributed by atoms with Crippen LogP contribution in [-0.2, 0) is 88.0 Å². The highest BCUT2D eigenvalue weighted by Gasteiger charge is 2.42. The van der Waals surface area contributed by atoms with Crippen molar-refractivity contribution in [2.24, 2.45) is 28.1 Å². The van der Waals surface area contributed by atoms with Crippen LogP contribution in [-0.4, -0.2) is 242 Å². The first-order chi connectivity index (χ1) is 50.6. The van der Waals surface area contributed by atoms with Crippen molar-refractivity contribution in [1.82, 2.24) is 67.5 Å². The average Bonchev–Trinajstić information content (AvgIpc) is 1.80. The predicted octanol–water partition coefficient (Wildman–Crippen LogP) is -2.51. The first kappa shape index (κ1) is 87.2. The molecule has 4 aromatic rings. The Morgan fingerprint density at radius 2 is 1.19 bits per heavy atom. The number of carbonyl (C=O) groups is 13. The van der Waals surface area contributed by atoms with E-state index in [1.807, 2.05) is 0 Å². The molecule has 1 aromatic heterocycles. The van der Waals surface area contributed by atoms with E-state index in [2.05, 4.69) is 83.1 Å². The van der Waals surface area contributed by atoms with Crippen LogP contribution in [0.1, 0.15) is 89.0 Å². The van der Waals surface area contributed by atoms with E-state index in [9.17, 15) is 77.6 Å². The average molecular weight is 1520 g/mol. The summed E-state index contributed by atoms with van der Waals surface area (Å²) in [6.07, 6.45) is 1.97. The summed E-state index contributed by atoms with van der Waals surface area (Å²) in [5.74, 6) is -11.8. The summed E-state index contributed by atoms with van der Waals surface area (Å²) in [6, 6.07) is 12.7. The van der Waals surface area contributed by atoms with Gasteiger partial charge in [-0.3, -0.25) is 67.5 Å². The molecule has 3 aromatic carbocycles. The van der Waals surface area contributed by atoms with Crippen LogP contribution in [0.5, 0.6) is 5.75 Å². The second kappa shape index (κ2) is 42.7. The van der Waals surface area contributed by atoms with Gasteiger partial charge in [0.15, 0.2) is 5.96 Å². The van der Waals surface area contributed by atoms with Crippen molar-refractivity contribution in [3.05, 3.63) is 132 Å². The Morgan fingerprint density at radius 3 is 1.75 bits per heavy atom. The number of thiol groups is 2. The maximum Gasteiger partial charge on any atom is 0.327 e. The van der Waals surface area contributed by atoms with Crippen molar-refractivity contribution in [3.8, 4) is 5.75 Å². The van der Waals surface area contributed by atoms with E-state index in [1.54, 1.807) is 98.8 Å². The lowest BCUT2D eigenvalue weighted by molar-refractivity contribution is -0.146. The molecule has 0 aliphatic carbocycles. The highest BCUT2D eigenvalue weighted by molar-refractivity contribution is 7.81. The Kier molecular flexibility index (Phi) is 34.8. The van der Waals surface area contributed by atoms with Crippen LogP contribution in [0.3, 0.4) is 0 Å². The molecule has 18 N–H and O–H groups in total. The number of aliphatic carboxylic acids is 1. The third-order valence-electron chi connectivity index (χ3n) is 17.4. The number of likely N-dealkylation sites (N-methyl/N-ethyl adjacent to an activating group) is 2. The van der Waals surface area contributed by atoms with Crippen molar-refractivity contribution in [1.29, 1.82) is 0 Å². The molecular weight excluding hydrogens is 1420 g/mol. The Labute approximate surface area is 632 Å². The molecule has 1 saturated heterocycles. The monoisotopic (exact) mass is 1520 g/mol. The Hall–Kier alpha value is -10.4. The van der Waals surface area contributed by atoms with E-state index in [0.29, 0.717) is 35.1 Å². The number of nitrogens with one attached hydrogen (secondary N) is 9. The molecule has 1 aliphatic rings. The number of likely N-dealkylation sites (tertiary alicyclic amines) is 1. The zero-order valence-electron chi connectivity index (χ0n) is 60.9. The van der Waals surface area contributed by atoms with Crippen LogP contribution >= 0.6 is 25.3 Å². The molecule has 0 saturated carbocycles. The number of carbonyl (C=O) groups excluding carboxylic acids is 12. The summed E-state index contributed by atoms with van der Waals surface area (Å²) in [4.78, 5) is 192. The van der Waals surface area contributed by atoms with Gasteiger partial charge >= 0.3 is 5.97 Å². The maximum absolute atomic E-state index is 14.5. The molecule has 11 atom stereocenters. The molecule has 0 unspecified atom stereocenters. The molecular formula is C72H101N17O16S2. The number of aliphatic hydroxyl groups excluding tert-OH is 1. The number of phenols is 1. The van der Waals surface area contributed by atoms with E-state index in [0.717, 1.165) is 9.80 Å². The van der Waals surface area contributed by atoms with Gasteiger partial charge in [0.2, 0.25) is 70.9 Å². The zero-order chi connectivity index (χ0) is 79.2. The SMILES string of the molecule is CC(C)C[C@@H](C(=O)N[C@@H](Cc1ccc(O)cc1)C(=O)N1CCC[C@H]1C(=O)N[C@@H](CS)C(=O)O)N(C)C(=O)CN(C)C(=O)CNC(=O)[C@H](Cc1ccccc1)NC(=O)[C@H](Cc1cccnc1)NC(=O)CNC(=O)[C@@H](NC(=O)[C@@H](NC(=O)[C@H](Cc1ccccc1)NC(=O)[C@@H](N)CCCN=C(N)N)C(C)(C)S)[C@@H](C)O. The number of amides is 12. The van der Waals surface area contributed by atoms with Crippen LogP contribution < -0.4 is 65.1 Å². The number of hydrogen-bond donors (Lipinski definition) is 17. The molecule has 12 amide bonds. The number of carboxylic acids is 1. The van der Waals surface area contributed by atoms with Crippen molar-refractivity contribution in [3.63, 3.8) is 0 Å². The van der Waals surface area contributed by atoms with Gasteiger partial charge in [-0.25, -0.2) is 4.79 Å². The number of aliphatic imine (C=N–C) groups is 1. The van der Waals surface area contributed by atoms with E-state index in [4.69, 9.17) is 17.2 Å². The third-order valence-corrected chi connectivity index (χ3v) is 18.0. The Bertz CT molecular complexity index is 3720. The normalized spacial score (nSPS) is 15.4. The van der Waals surface area contributed by atoms with Gasteiger partial charge in [0.25, 0.3) is 0 Å². The number of rotatable bonds is 41. The number of carboxylic acid groups (broad SMARTS) is 1. The topological polar surface area (TPSA) is 504 Å². The molecule has 582 valence electrons. The number of aliphatic hydroxyl groups is 1. The lowest BCUT2D eigenvalue weighted by Crippen LogP contribution is -2.63. The van der Waals surface area contributed by atoms with Gasteiger partial charge < -0.3 is 95.1 Å². The van der Waals surface area contributed by atoms with Gasteiger partial charge in [-0.2, -0.15) is 25.3 Å². The highest BCUT2D eigenvalue weighted by Crippen LogP contribution is 2.23. The minimum Gasteiger partial charge on any atom is -0.508 e. The lowest BCUT2D eigenvalue weighted by atomic mass is 9.99. The Balaban J connectivity index is 1.26. The van der Waals surface area contributed by atoms with E-state index in [-0.39, 0.29) is 81.4 Å². The van der Waals surface area contributed by atoms with Gasteiger partial charge in [-0.05, 0) is 99.2 Å². The molecule has 0 spiro atoms. The number of nitrogens with zero attached hydrogens (tertiary/aromatic N) is 5. The molecule has 107 heavy (non-hydrogen) atoms. The summed E-state index contributed by atoms with van der Waals surface area (Å²) >= 11 is 8.61. The minimum absolute atomic E-state index is 0.0365. The molecule has 35 heteroatoms. The number of benzene rings is 3. The molecule has 5 rings (SSSR count).